The molecule has 3 rings (SSSR count). The smallest absolute Gasteiger partial charge is 0.256 e. The Morgan fingerprint density at radius 3 is 2.43 bits per heavy atom. The van der Waals surface area contributed by atoms with Gasteiger partial charge in [-0.1, -0.05) is 49.4 Å². The molecule has 1 aliphatic rings. The monoisotopic (exact) mass is 423 g/mol. The van der Waals surface area contributed by atoms with Gasteiger partial charge in [-0.3, -0.25) is 9.52 Å². The van der Waals surface area contributed by atoms with Crippen LogP contribution in [0, 0.1) is 0 Å². The molecular weight excluding hydrogens is 398 g/mol. The van der Waals surface area contributed by atoms with Gasteiger partial charge in [-0.2, -0.15) is 0 Å². The average Bonchev–Trinajstić information content (AvgIpc) is 3.04. The van der Waals surface area contributed by atoms with Crippen molar-refractivity contribution in [2.45, 2.75) is 25.3 Å². The molecule has 0 saturated carbocycles. The summed E-state index contributed by atoms with van der Waals surface area (Å²) in [4.78, 5) is 14.8. The number of carbonyl (C=O) groups is 1. The third kappa shape index (κ3) is 5.04. The van der Waals surface area contributed by atoms with E-state index < -0.39 is 10.0 Å². The summed E-state index contributed by atoms with van der Waals surface area (Å²) in [7, 11) is -3.47. The normalized spacial score (nSPS) is 19.1. The zero-order valence-electron chi connectivity index (χ0n) is 15.7. The number of anilines is 1. The topological polar surface area (TPSA) is 92.5 Å². The molecule has 0 bridgehead atoms. The number of nitrogens with two attached hydrogens (primary N) is 1. The van der Waals surface area contributed by atoms with E-state index in [4.69, 9.17) is 5.73 Å². The van der Waals surface area contributed by atoms with Crippen molar-refractivity contribution >= 4 is 34.0 Å². The molecular formula is C20H26ClN3O3S. The van der Waals surface area contributed by atoms with Crippen LogP contribution in [0.25, 0.3) is 0 Å². The van der Waals surface area contributed by atoms with Crippen molar-refractivity contribution in [3.63, 3.8) is 0 Å². The molecule has 1 amide bonds. The van der Waals surface area contributed by atoms with E-state index in [1.165, 1.54) is 0 Å². The van der Waals surface area contributed by atoms with Crippen molar-refractivity contribution in [1.82, 2.24) is 4.90 Å². The fraction of sp³-hybridized carbons (Fsp3) is 0.350. The summed E-state index contributed by atoms with van der Waals surface area (Å²) in [6.07, 6.45) is 0.505. The summed E-state index contributed by atoms with van der Waals surface area (Å²) < 4.78 is 26.8. The molecule has 1 heterocycles. The Balaban J connectivity index is 0.00000280. The Morgan fingerprint density at radius 2 is 1.75 bits per heavy atom. The number of benzene rings is 2. The van der Waals surface area contributed by atoms with Crippen molar-refractivity contribution < 1.29 is 13.2 Å². The minimum Gasteiger partial charge on any atom is -0.336 e. The molecule has 0 aromatic heterocycles. The minimum absolute atomic E-state index is 0. The van der Waals surface area contributed by atoms with Gasteiger partial charge in [0.2, 0.25) is 10.0 Å². The number of sulfonamides is 1. The highest BCUT2D eigenvalue weighted by molar-refractivity contribution is 7.92. The molecule has 0 spiro atoms. The van der Waals surface area contributed by atoms with Crippen LogP contribution in [0.4, 0.5) is 5.69 Å². The molecule has 2 atom stereocenters. The van der Waals surface area contributed by atoms with Crippen molar-refractivity contribution in [2.75, 3.05) is 23.6 Å². The first-order valence-electron chi connectivity index (χ1n) is 9.10. The molecule has 1 aliphatic heterocycles. The third-order valence-corrected chi connectivity index (χ3v) is 6.25. The van der Waals surface area contributed by atoms with Crippen LogP contribution >= 0.6 is 12.4 Å². The lowest BCUT2D eigenvalue weighted by molar-refractivity contribution is 0.0790. The van der Waals surface area contributed by atoms with Gasteiger partial charge in [-0.05, 0) is 24.1 Å². The maximum absolute atomic E-state index is 13.1. The molecule has 8 heteroatoms. The van der Waals surface area contributed by atoms with Crippen molar-refractivity contribution in [2.24, 2.45) is 5.73 Å². The second-order valence-electron chi connectivity index (χ2n) is 6.86. The van der Waals surface area contributed by atoms with Crippen LogP contribution in [0.5, 0.6) is 0 Å². The Hall–Kier alpha value is -2.09. The average molecular weight is 424 g/mol. The number of nitrogens with zero attached hydrogens (tertiary/aromatic N) is 1. The summed E-state index contributed by atoms with van der Waals surface area (Å²) in [6.45, 7) is 2.75. The van der Waals surface area contributed by atoms with Gasteiger partial charge in [0.05, 0.1) is 17.0 Å². The lowest BCUT2D eigenvalue weighted by Crippen LogP contribution is -2.32. The lowest BCUT2D eigenvalue weighted by Gasteiger charge is -2.19. The molecule has 2 aromatic rings. The van der Waals surface area contributed by atoms with Crippen LogP contribution in [-0.2, 0) is 10.0 Å². The number of hydrogen-bond acceptors (Lipinski definition) is 4. The predicted octanol–water partition coefficient (Wildman–Crippen LogP) is 2.83. The number of nitrogens with one attached hydrogen (secondary N) is 1. The molecule has 28 heavy (non-hydrogen) atoms. The molecule has 0 unspecified atom stereocenters. The van der Waals surface area contributed by atoms with Gasteiger partial charge in [-0.15, -0.1) is 12.4 Å². The standard InChI is InChI=1S/C20H25N3O3S.ClH/c1-2-12-27(25,26)22-19-11-7-6-10-16(19)20(24)23-13-17(18(21)14-23)15-8-4-3-5-9-15;/h3-11,17-18,22H,2,12-14,21H2,1H3;1H/t17-,18+;/m0./s1. The fourth-order valence-electron chi connectivity index (χ4n) is 3.46. The highest BCUT2D eigenvalue weighted by atomic mass is 35.5. The summed E-state index contributed by atoms with van der Waals surface area (Å²) in [6, 6.07) is 16.5. The molecule has 1 saturated heterocycles. The number of halogens is 1. The van der Waals surface area contributed by atoms with E-state index in [0.717, 1.165) is 5.56 Å². The number of amides is 1. The third-order valence-electron chi connectivity index (χ3n) is 4.78. The lowest BCUT2D eigenvalue weighted by atomic mass is 9.95. The number of para-hydroxylation sites is 1. The van der Waals surface area contributed by atoms with E-state index in [1.54, 1.807) is 36.1 Å². The largest absolute Gasteiger partial charge is 0.336 e. The molecule has 152 valence electrons. The Labute approximate surface area is 172 Å². The maximum Gasteiger partial charge on any atom is 0.256 e. The molecule has 1 fully saturated rings. The first-order chi connectivity index (χ1) is 12.9. The van der Waals surface area contributed by atoms with Gasteiger partial charge in [-0.25, -0.2) is 8.42 Å². The van der Waals surface area contributed by atoms with Gasteiger partial charge in [0, 0.05) is 25.0 Å². The molecule has 2 aromatic carbocycles. The van der Waals surface area contributed by atoms with Crippen LogP contribution in [-0.4, -0.2) is 44.1 Å². The Bertz CT molecular complexity index is 906. The highest BCUT2D eigenvalue weighted by Crippen LogP contribution is 2.29. The number of likely N-dealkylation sites (tertiary alicyclic amines) is 1. The first kappa shape index (κ1) is 22.2. The zero-order valence-corrected chi connectivity index (χ0v) is 17.4. The number of hydrogen-bond donors (Lipinski definition) is 2. The minimum atomic E-state index is -3.47. The van der Waals surface area contributed by atoms with E-state index in [9.17, 15) is 13.2 Å². The van der Waals surface area contributed by atoms with Crippen LogP contribution in [0.1, 0.15) is 35.2 Å². The summed E-state index contributed by atoms with van der Waals surface area (Å²) in [5.74, 6) is -0.127. The van der Waals surface area contributed by atoms with Gasteiger partial charge in [0.15, 0.2) is 0 Å². The van der Waals surface area contributed by atoms with E-state index in [0.29, 0.717) is 30.8 Å². The van der Waals surface area contributed by atoms with Crippen LogP contribution in [0.15, 0.2) is 54.6 Å². The summed E-state index contributed by atoms with van der Waals surface area (Å²) in [5, 5.41) is 0. The first-order valence-corrected chi connectivity index (χ1v) is 10.8. The number of carbonyl (C=O) groups excluding carboxylic acids is 1. The van der Waals surface area contributed by atoms with Crippen LogP contribution in [0.3, 0.4) is 0 Å². The molecule has 0 aliphatic carbocycles. The second-order valence-corrected chi connectivity index (χ2v) is 8.70. The summed E-state index contributed by atoms with van der Waals surface area (Å²) >= 11 is 0. The van der Waals surface area contributed by atoms with Gasteiger partial charge in [0.25, 0.3) is 5.91 Å². The fourth-order valence-corrected chi connectivity index (χ4v) is 4.62. The summed E-state index contributed by atoms with van der Waals surface area (Å²) in [5.41, 5.74) is 8.06. The van der Waals surface area contributed by atoms with E-state index in [2.05, 4.69) is 4.72 Å². The highest BCUT2D eigenvalue weighted by Gasteiger charge is 2.35. The van der Waals surface area contributed by atoms with Crippen molar-refractivity contribution in [3.05, 3.63) is 65.7 Å². The van der Waals surface area contributed by atoms with E-state index in [1.807, 2.05) is 30.3 Å². The quantitative estimate of drug-likeness (QED) is 0.747. The maximum atomic E-state index is 13.1. The Morgan fingerprint density at radius 1 is 1.11 bits per heavy atom. The van der Waals surface area contributed by atoms with E-state index >= 15 is 0 Å². The zero-order chi connectivity index (χ0) is 19.4. The molecule has 0 radical (unpaired) electrons. The van der Waals surface area contributed by atoms with Crippen LogP contribution < -0.4 is 10.5 Å². The molecule has 3 N–H and O–H groups in total. The van der Waals surface area contributed by atoms with E-state index in [-0.39, 0.29) is 36.0 Å². The van der Waals surface area contributed by atoms with Gasteiger partial charge >= 0.3 is 0 Å². The predicted molar refractivity (Wildman–Crippen MR) is 114 cm³/mol. The van der Waals surface area contributed by atoms with Crippen molar-refractivity contribution in [1.29, 1.82) is 0 Å². The Kier molecular flexibility index (Phi) is 7.46. The molecule has 6 nitrogen and oxygen atoms in total. The SMILES string of the molecule is CCCS(=O)(=O)Nc1ccccc1C(=O)N1C[C@@H](N)[C@H](c2ccccc2)C1.Cl. The van der Waals surface area contributed by atoms with Crippen molar-refractivity contribution in [3.8, 4) is 0 Å². The van der Waals surface area contributed by atoms with Crippen LogP contribution in [0.2, 0.25) is 0 Å². The van der Waals surface area contributed by atoms with Gasteiger partial charge < -0.3 is 10.6 Å². The second kappa shape index (κ2) is 9.41. The van der Waals surface area contributed by atoms with Gasteiger partial charge in [0.1, 0.15) is 0 Å². The number of rotatable bonds is 6.